The Morgan fingerprint density at radius 3 is 2.08 bits per heavy atom. The van der Waals surface area contributed by atoms with Gasteiger partial charge in [-0.1, -0.05) is 59.4 Å². The number of methoxy groups -OCH3 is 1. The van der Waals surface area contributed by atoms with Crippen molar-refractivity contribution in [3.8, 4) is 0 Å². The van der Waals surface area contributed by atoms with E-state index in [1.165, 1.54) is 7.11 Å². The second kappa shape index (κ2) is 6.67. The third kappa shape index (κ3) is 4.51. The fourth-order valence-corrected chi connectivity index (χ4v) is 3.97. The number of alkyl halides is 4. The van der Waals surface area contributed by atoms with E-state index >= 15 is 0 Å². The fraction of sp³-hybridized carbons (Fsp3) is 0.500. The van der Waals surface area contributed by atoms with E-state index in [2.05, 4.69) is 52.5 Å². The number of esters is 1. The summed E-state index contributed by atoms with van der Waals surface area (Å²) in [5.74, 6) is -0.620. The van der Waals surface area contributed by atoms with Gasteiger partial charge in [-0.2, -0.15) is 0 Å². The van der Waals surface area contributed by atoms with Gasteiger partial charge in [0.05, 0.1) is 10.8 Å². The molecule has 0 aliphatic rings. The molecule has 0 amide bonds. The van der Waals surface area contributed by atoms with Crippen molar-refractivity contribution in [2.24, 2.45) is 0 Å². The van der Waals surface area contributed by atoms with Crippen LogP contribution < -0.4 is 0 Å². The average molecular weight is 420 g/mol. The van der Waals surface area contributed by atoms with E-state index in [-0.39, 0.29) is 8.77 Å². The normalized spacial score (nSPS) is 15.3. The third-order valence-electron chi connectivity index (χ3n) is 1.09. The molecule has 0 aliphatic carbocycles. The molecule has 0 radical (unpaired) electrons. The zero-order valence-corrected chi connectivity index (χ0v) is 12.6. The third-order valence-corrected chi connectivity index (χ3v) is 3.18. The van der Waals surface area contributed by atoms with Crippen LogP contribution in [-0.2, 0) is 9.53 Å². The molecule has 0 spiro atoms. The molecular formula is C6H5Br3Cl2O2. The molecule has 0 aromatic heterocycles. The van der Waals surface area contributed by atoms with Crippen molar-refractivity contribution in [3.05, 3.63) is 10.6 Å². The van der Waals surface area contributed by atoms with Gasteiger partial charge < -0.3 is 4.74 Å². The number of halogens is 5. The summed E-state index contributed by atoms with van der Waals surface area (Å²) < 4.78 is 3.62. The second-order valence-electron chi connectivity index (χ2n) is 1.86. The predicted octanol–water partition coefficient (Wildman–Crippen LogP) is 3.73. The quantitative estimate of drug-likeness (QED) is 0.396. The highest BCUT2D eigenvalue weighted by molar-refractivity contribution is 9.24. The Bertz CT molecular complexity index is 218. The minimum absolute atomic E-state index is 0.0434. The van der Waals surface area contributed by atoms with Gasteiger partial charge in [-0.3, -0.25) is 0 Å². The smallest absolute Gasteiger partial charge is 0.349 e. The van der Waals surface area contributed by atoms with Crippen LogP contribution in [0.15, 0.2) is 10.6 Å². The lowest BCUT2D eigenvalue weighted by Gasteiger charge is -2.11. The van der Waals surface area contributed by atoms with Crippen LogP contribution in [0.1, 0.15) is 0 Å². The Morgan fingerprint density at radius 2 is 1.85 bits per heavy atom. The van der Waals surface area contributed by atoms with E-state index in [0.717, 1.165) is 0 Å². The van der Waals surface area contributed by atoms with E-state index < -0.39 is 10.3 Å². The number of allylic oxidation sites excluding steroid dienone is 1. The summed E-state index contributed by atoms with van der Waals surface area (Å²) in [6, 6.07) is 0. The zero-order chi connectivity index (χ0) is 10.6. The van der Waals surface area contributed by atoms with E-state index in [0.29, 0.717) is 5.57 Å². The highest BCUT2D eigenvalue weighted by Gasteiger charge is 2.23. The molecule has 0 fully saturated rings. The van der Waals surface area contributed by atoms with Gasteiger partial charge in [0.15, 0.2) is 0 Å². The van der Waals surface area contributed by atoms with Gasteiger partial charge in [0.1, 0.15) is 9.32 Å². The molecule has 0 saturated heterocycles. The monoisotopic (exact) mass is 416 g/mol. The summed E-state index contributed by atoms with van der Waals surface area (Å²) in [6.07, 6.45) is 0. The number of ether oxygens (including phenoxy) is 1. The highest BCUT2D eigenvalue weighted by atomic mass is 79.9. The highest BCUT2D eigenvalue weighted by Crippen LogP contribution is 2.32. The van der Waals surface area contributed by atoms with Crippen LogP contribution >= 0.6 is 71.0 Å². The molecule has 0 N–H and O–H groups in total. The van der Waals surface area contributed by atoms with Gasteiger partial charge in [0.2, 0.25) is 0 Å². The van der Waals surface area contributed by atoms with Gasteiger partial charge >= 0.3 is 5.97 Å². The summed E-state index contributed by atoms with van der Waals surface area (Å²) in [7, 11) is 1.25. The summed E-state index contributed by atoms with van der Waals surface area (Å²) in [5.41, 5.74) is 0.468. The van der Waals surface area contributed by atoms with Crippen LogP contribution in [0.2, 0.25) is 0 Å². The van der Waals surface area contributed by atoms with Gasteiger partial charge in [-0.15, -0.1) is 11.6 Å². The number of carbonyl (C=O) groups is 1. The van der Waals surface area contributed by atoms with Crippen LogP contribution in [0, 0.1) is 0 Å². The van der Waals surface area contributed by atoms with Crippen LogP contribution in [0.25, 0.3) is 0 Å². The maximum Gasteiger partial charge on any atom is 0.349 e. The Kier molecular flexibility index (Phi) is 7.30. The Hall–Kier alpha value is 1.23. The number of rotatable bonds is 3. The number of carbonyl (C=O) groups excluding carboxylic acids is 1. The van der Waals surface area contributed by atoms with Crippen molar-refractivity contribution in [1.82, 2.24) is 0 Å². The molecule has 2 nitrogen and oxygen atoms in total. The summed E-state index contributed by atoms with van der Waals surface area (Å²) in [6.45, 7) is 0. The van der Waals surface area contributed by atoms with Gasteiger partial charge in [0.25, 0.3) is 0 Å². The SMILES string of the molecule is COC(=O)/C(Cl)=C(/C(Cl)Br)C(Br)Br. The summed E-state index contributed by atoms with van der Waals surface area (Å²) in [5, 5.41) is -0.0434. The van der Waals surface area contributed by atoms with Crippen LogP contribution in [-0.4, -0.2) is 21.1 Å². The fourth-order valence-electron chi connectivity index (χ4n) is 0.494. The number of hydrogen-bond donors (Lipinski definition) is 0. The van der Waals surface area contributed by atoms with Gasteiger partial charge in [0, 0.05) is 5.57 Å². The van der Waals surface area contributed by atoms with Crippen molar-refractivity contribution < 1.29 is 9.53 Å². The van der Waals surface area contributed by atoms with Gasteiger partial charge in [-0.25, -0.2) is 4.79 Å². The van der Waals surface area contributed by atoms with E-state index in [9.17, 15) is 4.79 Å². The lowest BCUT2D eigenvalue weighted by molar-refractivity contribution is -0.135. The van der Waals surface area contributed by atoms with E-state index in [1.807, 2.05) is 0 Å². The predicted molar refractivity (Wildman–Crippen MR) is 65.1 cm³/mol. The largest absolute Gasteiger partial charge is 0.465 e. The first-order chi connectivity index (χ1) is 5.91. The lowest BCUT2D eigenvalue weighted by atomic mass is 10.3. The number of hydrogen-bond acceptors (Lipinski definition) is 2. The van der Waals surface area contributed by atoms with Crippen molar-refractivity contribution in [2.75, 3.05) is 7.11 Å². The second-order valence-corrected chi connectivity index (χ2v) is 7.18. The molecule has 76 valence electrons. The lowest BCUT2D eigenvalue weighted by Crippen LogP contribution is -2.11. The van der Waals surface area contributed by atoms with Crippen LogP contribution in [0.3, 0.4) is 0 Å². The molecule has 13 heavy (non-hydrogen) atoms. The van der Waals surface area contributed by atoms with Crippen LogP contribution in [0.4, 0.5) is 0 Å². The minimum Gasteiger partial charge on any atom is -0.465 e. The maximum atomic E-state index is 11.0. The molecule has 1 unspecified atom stereocenters. The molecule has 0 rings (SSSR count). The van der Waals surface area contributed by atoms with Crippen molar-refractivity contribution in [1.29, 1.82) is 0 Å². The van der Waals surface area contributed by atoms with Gasteiger partial charge in [-0.05, 0) is 0 Å². The zero-order valence-electron chi connectivity index (χ0n) is 6.36. The van der Waals surface area contributed by atoms with E-state index in [4.69, 9.17) is 23.2 Å². The summed E-state index contributed by atoms with van der Waals surface area (Å²) >= 11 is 20.9. The Labute approximate surface area is 111 Å². The first-order valence-corrected chi connectivity index (χ1v) is 6.52. The first-order valence-electron chi connectivity index (χ1n) is 2.96. The Morgan fingerprint density at radius 1 is 1.38 bits per heavy atom. The maximum absolute atomic E-state index is 11.0. The summed E-state index contributed by atoms with van der Waals surface area (Å²) in [4.78, 5) is 11.0. The van der Waals surface area contributed by atoms with E-state index in [1.54, 1.807) is 0 Å². The average Bonchev–Trinajstić information content (AvgIpc) is 2.01. The molecular weight excluding hydrogens is 415 g/mol. The first kappa shape index (κ1) is 14.2. The molecule has 0 aromatic carbocycles. The van der Waals surface area contributed by atoms with Crippen molar-refractivity contribution >= 4 is 77.0 Å². The van der Waals surface area contributed by atoms with Crippen molar-refractivity contribution in [3.63, 3.8) is 0 Å². The molecule has 0 heterocycles. The molecule has 0 saturated carbocycles. The van der Waals surface area contributed by atoms with Crippen LogP contribution in [0.5, 0.6) is 0 Å². The molecule has 7 heteroatoms. The molecule has 0 aliphatic heterocycles. The Balaban J connectivity index is 4.97. The molecule has 0 bridgehead atoms. The van der Waals surface area contributed by atoms with Crippen molar-refractivity contribution in [2.45, 2.75) is 8.02 Å². The minimum atomic E-state index is -0.620. The molecule has 1 atom stereocenters. The topological polar surface area (TPSA) is 26.3 Å². The molecule has 0 aromatic rings. The standard InChI is InChI=1S/C6H5Br3Cl2O2/c1-13-6(12)3(10)2(4(7)8)5(9)11/h4-5H,1H3/b3-2-.